The van der Waals surface area contributed by atoms with Crippen molar-refractivity contribution in [1.29, 1.82) is 0 Å². The Kier molecular flexibility index (Phi) is 5.59. The molecule has 0 N–H and O–H groups in total. The molecule has 0 aromatic heterocycles. The van der Waals surface area contributed by atoms with E-state index in [0.717, 1.165) is 25.7 Å². The van der Waals surface area contributed by atoms with E-state index in [-0.39, 0.29) is 11.9 Å². The van der Waals surface area contributed by atoms with Crippen LogP contribution in [0.5, 0.6) is 0 Å². The van der Waals surface area contributed by atoms with Gasteiger partial charge in [-0.25, -0.2) is 8.42 Å². The van der Waals surface area contributed by atoms with Gasteiger partial charge in [-0.2, -0.15) is 0 Å². The molecule has 110 valence electrons. The summed E-state index contributed by atoms with van der Waals surface area (Å²) in [6.07, 6.45) is 7.34. The number of hydrogen-bond acceptors (Lipinski definition) is 3. The van der Waals surface area contributed by atoms with Crippen molar-refractivity contribution >= 4 is 15.7 Å². The van der Waals surface area contributed by atoms with Crippen LogP contribution >= 0.6 is 0 Å². The van der Waals surface area contributed by atoms with Gasteiger partial charge in [0, 0.05) is 24.9 Å². The van der Waals surface area contributed by atoms with Gasteiger partial charge >= 0.3 is 0 Å². The number of carbonyl (C=O) groups is 1. The van der Waals surface area contributed by atoms with Gasteiger partial charge in [0.25, 0.3) is 0 Å². The zero-order valence-electron chi connectivity index (χ0n) is 12.3. The summed E-state index contributed by atoms with van der Waals surface area (Å²) in [5.74, 6) is -0.0533. The maximum Gasteiger partial charge on any atom is 0.249 e. The Morgan fingerprint density at radius 2 is 1.89 bits per heavy atom. The van der Waals surface area contributed by atoms with Gasteiger partial charge in [-0.3, -0.25) is 4.79 Å². The summed E-state index contributed by atoms with van der Waals surface area (Å²) >= 11 is 0. The molecule has 5 heteroatoms. The zero-order chi connectivity index (χ0) is 14.6. The highest BCUT2D eigenvalue weighted by Crippen LogP contribution is 2.28. The van der Waals surface area contributed by atoms with E-state index in [9.17, 15) is 13.2 Å². The Morgan fingerprint density at radius 1 is 1.32 bits per heavy atom. The van der Waals surface area contributed by atoms with Crippen molar-refractivity contribution in [3.63, 3.8) is 0 Å². The molecule has 0 aromatic rings. The first-order chi connectivity index (χ1) is 8.79. The van der Waals surface area contributed by atoms with Crippen molar-refractivity contribution in [3.05, 3.63) is 11.6 Å². The molecule has 0 aliphatic heterocycles. The van der Waals surface area contributed by atoms with Crippen LogP contribution in [0, 0.1) is 0 Å². The van der Waals surface area contributed by atoms with E-state index < -0.39 is 15.1 Å². The topological polar surface area (TPSA) is 54.5 Å². The number of allylic oxidation sites excluding steroid dienone is 1. The van der Waals surface area contributed by atoms with Gasteiger partial charge in [0.15, 0.2) is 9.84 Å². The molecule has 2 atom stereocenters. The molecule has 0 spiro atoms. The Balaban J connectivity index is 2.92. The van der Waals surface area contributed by atoms with Crippen molar-refractivity contribution in [3.8, 4) is 0 Å². The van der Waals surface area contributed by atoms with Gasteiger partial charge in [-0.1, -0.05) is 25.8 Å². The SMILES string of the molecule is CC/C=C(\C)C(=O)N(C)[C@@H]1CCCC[C@@H]1S(C)(=O)=O. The Labute approximate surface area is 116 Å². The molecule has 1 fully saturated rings. The van der Waals surface area contributed by atoms with E-state index in [0.29, 0.717) is 12.0 Å². The van der Waals surface area contributed by atoms with Gasteiger partial charge < -0.3 is 4.90 Å². The number of nitrogens with zero attached hydrogens (tertiary/aromatic N) is 1. The maximum absolute atomic E-state index is 12.3. The van der Waals surface area contributed by atoms with E-state index in [2.05, 4.69) is 0 Å². The predicted molar refractivity (Wildman–Crippen MR) is 77.7 cm³/mol. The lowest BCUT2D eigenvalue weighted by atomic mass is 9.93. The third kappa shape index (κ3) is 4.06. The highest BCUT2D eigenvalue weighted by atomic mass is 32.2. The summed E-state index contributed by atoms with van der Waals surface area (Å²) in [5.41, 5.74) is 0.697. The Hall–Kier alpha value is -0.840. The molecule has 0 aromatic carbocycles. The summed E-state index contributed by atoms with van der Waals surface area (Å²) < 4.78 is 23.7. The first kappa shape index (κ1) is 16.2. The molecule has 1 amide bonds. The van der Waals surface area contributed by atoms with Crippen LogP contribution in [0.3, 0.4) is 0 Å². The lowest BCUT2D eigenvalue weighted by molar-refractivity contribution is -0.128. The van der Waals surface area contributed by atoms with Crippen molar-refractivity contribution in [2.45, 2.75) is 57.2 Å². The number of likely N-dealkylation sites (N-methyl/N-ethyl adjacent to an activating group) is 1. The summed E-state index contributed by atoms with van der Waals surface area (Å²) in [6, 6.07) is -0.184. The van der Waals surface area contributed by atoms with Crippen LogP contribution in [0.1, 0.15) is 46.0 Å². The average molecular weight is 287 g/mol. The number of rotatable bonds is 4. The lowest BCUT2D eigenvalue weighted by Crippen LogP contribution is -2.49. The molecule has 1 aliphatic rings. The van der Waals surface area contributed by atoms with Crippen LogP contribution < -0.4 is 0 Å². The summed E-state index contributed by atoms with van der Waals surface area (Å²) in [4.78, 5) is 13.9. The lowest BCUT2D eigenvalue weighted by Gasteiger charge is -2.37. The average Bonchev–Trinajstić information content (AvgIpc) is 2.36. The first-order valence-electron chi connectivity index (χ1n) is 6.91. The highest BCUT2D eigenvalue weighted by Gasteiger charge is 2.36. The second-order valence-electron chi connectivity index (χ2n) is 5.43. The van der Waals surface area contributed by atoms with Gasteiger partial charge in [-0.15, -0.1) is 0 Å². The van der Waals surface area contributed by atoms with Gasteiger partial charge in [0.1, 0.15) is 0 Å². The van der Waals surface area contributed by atoms with E-state index in [4.69, 9.17) is 0 Å². The summed E-state index contributed by atoms with van der Waals surface area (Å²) in [6.45, 7) is 3.78. The number of amides is 1. The number of hydrogen-bond donors (Lipinski definition) is 0. The minimum Gasteiger partial charge on any atom is -0.338 e. The fourth-order valence-electron chi connectivity index (χ4n) is 2.84. The molecule has 0 radical (unpaired) electrons. The van der Waals surface area contributed by atoms with Gasteiger partial charge in [0.05, 0.1) is 5.25 Å². The van der Waals surface area contributed by atoms with E-state index in [1.807, 2.05) is 13.0 Å². The molecule has 0 unspecified atom stereocenters. The molecule has 0 saturated heterocycles. The smallest absolute Gasteiger partial charge is 0.249 e. The molecule has 0 heterocycles. The van der Waals surface area contributed by atoms with E-state index >= 15 is 0 Å². The van der Waals surface area contributed by atoms with Crippen LogP contribution in [0.2, 0.25) is 0 Å². The largest absolute Gasteiger partial charge is 0.338 e. The van der Waals surface area contributed by atoms with Crippen molar-refractivity contribution in [2.24, 2.45) is 0 Å². The minimum atomic E-state index is -3.10. The number of sulfone groups is 1. The van der Waals surface area contributed by atoms with Crippen LogP contribution in [-0.4, -0.2) is 43.8 Å². The quantitative estimate of drug-likeness (QED) is 0.745. The Morgan fingerprint density at radius 3 is 2.42 bits per heavy atom. The molecule has 19 heavy (non-hydrogen) atoms. The molecule has 1 aliphatic carbocycles. The number of carbonyl (C=O) groups excluding carboxylic acids is 1. The van der Waals surface area contributed by atoms with Gasteiger partial charge in [0.2, 0.25) is 5.91 Å². The van der Waals surface area contributed by atoms with Crippen molar-refractivity contribution in [1.82, 2.24) is 4.90 Å². The van der Waals surface area contributed by atoms with Crippen LogP contribution in [-0.2, 0) is 14.6 Å². The van der Waals surface area contributed by atoms with E-state index in [1.54, 1.807) is 18.9 Å². The maximum atomic E-state index is 12.3. The van der Waals surface area contributed by atoms with Gasteiger partial charge in [-0.05, 0) is 26.2 Å². The van der Waals surface area contributed by atoms with Crippen LogP contribution in [0.15, 0.2) is 11.6 Å². The van der Waals surface area contributed by atoms with Crippen LogP contribution in [0.4, 0.5) is 0 Å². The fraction of sp³-hybridized carbons (Fsp3) is 0.786. The minimum absolute atomic E-state index is 0.0533. The van der Waals surface area contributed by atoms with Crippen molar-refractivity contribution in [2.75, 3.05) is 13.3 Å². The highest BCUT2D eigenvalue weighted by molar-refractivity contribution is 7.91. The molecule has 0 bridgehead atoms. The van der Waals surface area contributed by atoms with E-state index in [1.165, 1.54) is 6.26 Å². The molecular weight excluding hydrogens is 262 g/mol. The van der Waals surface area contributed by atoms with Crippen molar-refractivity contribution < 1.29 is 13.2 Å². The second-order valence-corrected chi connectivity index (χ2v) is 7.70. The third-order valence-electron chi connectivity index (χ3n) is 3.88. The second kappa shape index (κ2) is 6.55. The zero-order valence-corrected chi connectivity index (χ0v) is 13.2. The summed E-state index contributed by atoms with van der Waals surface area (Å²) in [7, 11) is -1.38. The first-order valence-corrected chi connectivity index (χ1v) is 8.87. The normalized spacial score (nSPS) is 25.2. The molecule has 4 nitrogen and oxygen atoms in total. The third-order valence-corrected chi connectivity index (χ3v) is 5.53. The molecule has 1 rings (SSSR count). The summed E-state index contributed by atoms with van der Waals surface area (Å²) in [5, 5.41) is -0.412. The standard InChI is InChI=1S/C14H25NO3S/c1-5-8-11(2)14(16)15(3)12-9-6-7-10-13(12)19(4,17)18/h8,12-13H,5-7,9-10H2,1-4H3/b11-8+/t12-,13+/m1/s1. The fourth-order valence-corrected chi connectivity index (χ4v) is 4.33. The predicted octanol–water partition coefficient (Wildman–Crippen LogP) is 2.16. The molecule has 1 saturated carbocycles. The monoisotopic (exact) mass is 287 g/mol. The van der Waals surface area contributed by atoms with Crippen LogP contribution in [0.25, 0.3) is 0 Å². The molecular formula is C14H25NO3S. The Bertz CT molecular complexity index is 453.